The Balaban J connectivity index is 1.81. The van der Waals surface area contributed by atoms with E-state index < -0.39 is 10.0 Å². The molecule has 1 fully saturated rings. The highest BCUT2D eigenvalue weighted by atomic mass is 35.5. The minimum atomic E-state index is -3.45. The van der Waals surface area contributed by atoms with Crippen molar-refractivity contribution in [2.45, 2.75) is 10.6 Å². The quantitative estimate of drug-likeness (QED) is 0.514. The molecule has 1 aliphatic rings. The smallest absolute Gasteiger partial charge is 0.252 e. The van der Waals surface area contributed by atoms with Crippen molar-refractivity contribution < 1.29 is 13.3 Å². The van der Waals surface area contributed by atoms with Crippen LogP contribution in [0, 0.1) is 0 Å². The molecule has 0 bridgehead atoms. The molecule has 6 nitrogen and oxygen atoms in total. The minimum absolute atomic E-state index is 0.299. The van der Waals surface area contributed by atoms with E-state index in [-0.39, 0.29) is 0 Å². The van der Waals surface area contributed by atoms with Gasteiger partial charge in [-0.15, -0.1) is 11.3 Å². The molecular weight excluding hydrogens is 388 g/mol. The standard InChI is InChI=1S/C14H23ClN4O2S3/c1-17(2)7-3-6-16-14(22)18-8-10-19(11-9-18)24(20,21)13-5-4-12(15)23-13/h4-5H,3,6-11H2,1-2H3,(H,16,22)/p+1. The molecule has 136 valence electrons. The van der Waals surface area contributed by atoms with Crippen molar-refractivity contribution in [2.24, 2.45) is 0 Å². The highest BCUT2D eigenvalue weighted by Gasteiger charge is 2.30. The molecule has 0 aliphatic carbocycles. The van der Waals surface area contributed by atoms with Gasteiger partial charge in [0.1, 0.15) is 4.21 Å². The molecule has 0 radical (unpaired) electrons. The lowest BCUT2D eigenvalue weighted by molar-refractivity contribution is -0.858. The third kappa shape index (κ3) is 5.27. The van der Waals surface area contributed by atoms with E-state index in [1.165, 1.54) is 9.21 Å². The Labute approximate surface area is 158 Å². The number of rotatable bonds is 6. The fourth-order valence-corrected chi connectivity index (χ4v) is 5.79. The predicted molar refractivity (Wildman–Crippen MR) is 103 cm³/mol. The lowest BCUT2D eigenvalue weighted by Gasteiger charge is -2.35. The summed E-state index contributed by atoms with van der Waals surface area (Å²) in [5.74, 6) is 0. The predicted octanol–water partition coefficient (Wildman–Crippen LogP) is 0.117. The van der Waals surface area contributed by atoms with Crippen molar-refractivity contribution in [1.82, 2.24) is 14.5 Å². The zero-order chi connectivity index (χ0) is 17.7. The average molecular weight is 412 g/mol. The van der Waals surface area contributed by atoms with Crippen LogP contribution < -0.4 is 10.2 Å². The number of thiophene rings is 1. The van der Waals surface area contributed by atoms with E-state index in [4.69, 9.17) is 23.8 Å². The lowest BCUT2D eigenvalue weighted by atomic mass is 10.4. The van der Waals surface area contributed by atoms with Gasteiger partial charge in [0, 0.05) is 39.1 Å². The Bertz CT molecular complexity index is 655. The fraction of sp³-hybridized carbons (Fsp3) is 0.643. The second-order valence-corrected chi connectivity index (χ2v) is 10.3. The number of hydrogen-bond acceptors (Lipinski definition) is 4. The molecule has 0 amide bonds. The van der Waals surface area contributed by atoms with Gasteiger partial charge in [-0.2, -0.15) is 4.31 Å². The Hall–Kier alpha value is -0.450. The van der Waals surface area contributed by atoms with Crippen molar-refractivity contribution in [3.8, 4) is 0 Å². The van der Waals surface area contributed by atoms with Gasteiger partial charge in [0.25, 0.3) is 10.0 Å². The van der Waals surface area contributed by atoms with Crippen LogP contribution in [-0.2, 0) is 10.0 Å². The van der Waals surface area contributed by atoms with Crippen molar-refractivity contribution in [2.75, 3.05) is 53.4 Å². The number of halogens is 1. The number of quaternary nitrogens is 1. The van der Waals surface area contributed by atoms with E-state index in [9.17, 15) is 8.42 Å². The van der Waals surface area contributed by atoms with Crippen LogP contribution in [0.15, 0.2) is 16.3 Å². The first kappa shape index (κ1) is 19.9. The van der Waals surface area contributed by atoms with Gasteiger partial charge >= 0.3 is 0 Å². The van der Waals surface area contributed by atoms with Crippen LogP contribution in [0.1, 0.15) is 6.42 Å². The first-order chi connectivity index (χ1) is 11.3. The van der Waals surface area contributed by atoms with Gasteiger partial charge in [0.05, 0.1) is 25.0 Å². The molecule has 2 heterocycles. The normalized spacial score (nSPS) is 16.6. The third-order valence-corrected chi connectivity index (χ3v) is 7.80. The van der Waals surface area contributed by atoms with E-state index in [2.05, 4.69) is 19.4 Å². The fourth-order valence-electron chi connectivity index (χ4n) is 2.44. The van der Waals surface area contributed by atoms with Crippen LogP contribution in [0.2, 0.25) is 4.34 Å². The molecule has 0 unspecified atom stereocenters. The topological polar surface area (TPSA) is 57.1 Å². The largest absolute Gasteiger partial charge is 0.362 e. The second-order valence-electron chi connectivity index (χ2n) is 5.99. The monoisotopic (exact) mass is 411 g/mol. The third-order valence-electron chi connectivity index (χ3n) is 3.80. The maximum Gasteiger partial charge on any atom is 0.252 e. The van der Waals surface area contributed by atoms with Gasteiger partial charge in [0.2, 0.25) is 0 Å². The van der Waals surface area contributed by atoms with Gasteiger partial charge < -0.3 is 15.1 Å². The summed E-state index contributed by atoms with van der Waals surface area (Å²) in [6.45, 7) is 4.00. The molecule has 0 atom stereocenters. The maximum absolute atomic E-state index is 12.6. The van der Waals surface area contributed by atoms with Crippen LogP contribution in [0.4, 0.5) is 0 Å². The van der Waals surface area contributed by atoms with Crippen molar-refractivity contribution >= 4 is 50.3 Å². The molecule has 0 aromatic carbocycles. The van der Waals surface area contributed by atoms with E-state index in [1.54, 1.807) is 12.1 Å². The van der Waals surface area contributed by atoms with Crippen LogP contribution in [-0.4, -0.2) is 76.1 Å². The summed E-state index contributed by atoms with van der Waals surface area (Å²) in [5, 5.41) is 3.97. The molecule has 1 aromatic rings. The first-order valence-corrected chi connectivity index (χ1v) is 10.9. The van der Waals surface area contributed by atoms with Gasteiger partial charge in [0.15, 0.2) is 5.11 Å². The summed E-state index contributed by atoms with van der Waals surface area (Å²) in [6.07, 6.45) is 1.05. The molecule has 2 rings (SSSR count). The summed E-state index contributed by atoms with van der Waals surface area (Å²) in [4.78, 5) is 3.45. The number of thiocarbonyl (C=S) groups is 1. The van der Waals surface area contributed by atoms with Crippen molar-refractivity contribution in [3.63, 3.8) is 0 Å². The van der Waals surface area contributed by atoms with Gasteiger partial charge in [-0.25, -0.2) is 8.42 Å². The molecule has 10 heteroatoms. The average Bonchev–Trinajstić information content (AvgIpc) is 2.98. The number of sulfonamides is 1. The Morgan fingerprint density at radius 2 is 2.00 bits per heavy atom. The van der Waals surface area contributed by atoms with E-state index >= 15 is 0 Å². The Morgan fingerprint density at radius 1 is 1.33 bits per heavy atom. The first-order valence-electron chi connectivity index (χ1n) is 7.88. The Kier molecular flexibility index (Phi) is 7.26. The van der Waals surface area contributed by atoms with Crippen LogP contribution in [0.25, 0.3) is 0 Å². The van der Waals surface area contributed by atoms with Gasteiger partial charge in [-0.3, -0.25) is 0 Å². The number of nitrogens with one attached hydrogen (secondary N) is 2. The van der Waals surface area contributed by atoms with Crippen LogP contribution >= 0.6 is 35.2 Å². The van der Waals surface area contributed by atoms with E-state index in [0.717, 1.165) is 30.8 Å². The molecule has 1 aliphatic heterocycles. The SMILES string of the molecule is C[NH+](C)CCCNC(=S)N1CCN(S(=O)(=O)c2ccc(Cl)s2)CC1. The summed E-state index contributed by atoms with van der Waals surface area (Å²) >= 11 is 12.4. The number of hydrogen-bond donors (Lipinski definition) is 2. The van der Waals surface area contributed by atoms with Crippen molar-refractivity contribution in [1.29, 1.82) is 0 Å². The number of piperazine rings is 1. The van der Waals surface area contributed by atoms with E-state index in [0.29, 0.717) is 39.8 Å². The maximum atomic E-state index is 12.6. The van der Waals surface area contributed by atoms with Crippen LogP contribution in [0.3, 0.4) is 0 Å². The highest BCUT2D eigenvalue weighted by molar-refractivity contribution is 7.91. The van der Waals surface area contributed by atoms with Gasteiger partial charge in [-0.05, 0) is 24.4 Å². The second kappa shape index (κ2) is 8.77. The highest BCUT2D eigenvalue weighted by Crippen LogP contribution is 2.28. The molecule has 1 saturated heterocycles. The summed E-state index contributed by atoms with van der Waals surface area (Å²) in [6, 6.07) is 3.18. The summed E-state index contributed by atoms with van der Waals surface area (Å²) in [7, 11) is 0.801. The zero-order valence-corrected chi connectivity index (χ0v) is 17.1. The summed E-state index contributed by atoms with van der Waals surface area (Å²) in [5.41, 5.74) is 0. The Morgan fingerprint density at radius 3 is 2.54 bits per heavy atom. The molecule has 0 spiro atoms. The molecular formula is C14H24ClN4O2S3+. The zero-order valence-electron chi connectivity index (χ0n) is 13.9. The molecule has 24 heavy (non-hydrogen) atoms. The molecule has 1 aromatic heterocycles. The summed E-state index contributed by atoms with van der Waals surface area (Å²) < 4.78 is 27.4. The van der Waals surface area contributed by atoms with Gasteiger partial charge in [-0.1, -0.05) is 11.6 Å². The number of nitrogens with zero attached hydrogens (tertiary/aromatic N) is 2. The molecule has 2 N–H and O–H groups in total. The minimum Gasteiger partial charge on any atom is -0.362 e. The van der Waals surface area contributed by atoms with E-state index in [1.807, 2.05) is 4.90 Å². The lowest BCUT2D eigenvalue weighted by Crippen LogP contribution is -3.05. The molecule has 0 saturated carbocycles. The van der Waals surface area contributed by atoms with Crippen molar-refractivity contribution in [3.05, 3.63) is 16.5 Å². The van der Waals surface area contributed by atoms with Crippen LogP contribution in [0.5, 0.6) is 0 Å².